The normalized spacial score (nSPS) is 10.2. The molecule has 0 aliphatic heterocycles. The van der Waals surface area contributed by atoms with Crippen molar-refractivity contribution in [2.45, 2.75) is 0 Å². The molecular formula is C10H7ClN2O2. The number of aromatic carboxylic acids is 1. The van der Waals surface area contributed by atoms with Crippen LogP contribution in [0, 0.1) is 0 Å². The van der Waals surface area contributed by atoms with Crippen molar-refractivity contribution in [3.05, 3.63) is 47.5 Å². The topological polar surface area (TPSA) is 55.1 Å². The van der Waals surface area contributed by atoms with Crippen molar-refractivity contribution in [1.29, 1.82) is 0 Å². The van der Waals surface area contributed by atoms with Crippen LogP contribution in [0.4, 0.5) is 0 Å². The van der Waals surface area contributed by atoms with Crippen LogP contribution in [0.1, 0.15) is 10.5 Å². The van der Waals surface area contributed by atoms with E-state index in [9.17, 15) is 4.79 Å². The number of rotatable bonds is 2. The molecule has 2 rings (SSSR count). The molecule has 0 bridgehead atoms. The Balaban J connectivity index is 2.58. The van der Waals surface area contributed by atoms with Gasteiger partial charge < -0.3 is 9.67 Å². The van der Waals surface area contributed by atoms with Crippen LogP contribution in [0.5, 0.6) is 0 Å². The zero-order valence-electron chi connectivity index (χ0n) is 7.59. The van der Waals surface area contributed by atoms with E-state index in [0.717, 1.165) is 0 Å². The highest BCUT2D eigenvalue weighted by atomic mass is 35.5. The molecule has 0 atom stereocenters. The Bertz CT molecular complexity index is 493. The van der Waals surface area contributed by atoms with Gasteiger partial charge in [0.2, 0.25) is 0 Å². The van der Waals surface area contributed by atoms with E-state index in [1.807, 2.05) is 0 Å². The minimum absolute atomic E-state index is 0.119. The van der Waals surface area contributed by atoms with Crippen molar-refractivity contribution in [3.63, 3.8) is 0 Å². The first-order valence-electron chi connectivity index (χ1n) is 4.20. The number of carbonyl (C=O) groups is 1. The summed E-state index contributed by atoms with van der Waals surface area (Å²) in [4.78, 5) is 14.8. The molecule has 0 aliphatic carbocycles. The Morgan fingerprint density at radius 1 is 1.53 bits per heavy atom. The summed E-state index contributed by atoms with van der Waals surface area (Å²) >= 11 is 5.75. The highest BCUT2D eigenvalue weighted by Crippen LogP contribution is 2.18. The lowest BCUT2D eigenvalue weighted by molar-refractivity contribution is 0.0688. The maximum absolute atomic E-state index is 10.9. The Morgan fingerprint density at radius 2 is 2.33 bits per heavy atom. The second-order valence-corrected chi connectivity index (χ2v) is 3.37. The molecule has 0 saturated carbocycles. The molecule has 0 amide bonds. The minimum atomic E-state index is -1.02. The molecule has 2 heterocycles. The van der Waals surface area contributed by atoms with Gasteiger partial charge in [0.1, 0.15) is 5.69 Å². The van der Waals surface area contributed by atoms with Gasteiger partial charge in [-0.1, -0.05) is 11.6 Å². The molecule has 5 heteroatoms. The smallest absolute Gasteiger partial charge is 0.352 e. The predicted octanol–water partition coefficient (Wildman–Crippen LogP) is 2.22. The molecule has 0 aliphatic rings. The van der Waals surface area contributed by atoms with E-state index < -0.39 is 5.97 Å². The fraction of sp³-hybridized carbons (Fsp3) is 0. The van der Waals surface area contributed by atoms with Crippen molar-refractivity contribution in [3.8, 4) is 5.69 Å². The SMILES string of the molecule is O=C(O)c1cc(Cl)cn1-c1cccnc1. The summed E-state index contributed by atoms with van der Waals surface area (Å²) in [5, 5.41) is 9.33. The molecular weight excluding hydrogens is 216 g/mol. The van der Waals surface area contributed by atoms with Crippen LogP contribution in [0.15, 0.2) is 36.8 Å². The molecule has 1 N–H and O–H groups in total. The van der Waals surface area contributed by atoms with E-state index in [4.69, 9.17) is 16.7 Å². The van der Waals surface area contributed by atoms with Crippen molar-refractivity contribution in [2.24, 2.45) is 0 Å². The van der Waals surface area contributed by atoms with Gasteiger partial charge in [0, 0.05) is 12.4 Å². The summed E-state index contributed by atoms with van der Waals surface area (Å²) in [7, 11) is 0. The molecule has 15 heavy (non-hydrogen) atoms. The molecule has 2 aromatic rings. The standard InChI is InChI=1S/C10H7ClN2O2/c11-7-4-9(10(14)15)13(6-7)8-2-1-3-12-5-8/h1-6H,(H,14,15). The molecule has 0 unspecified atom stereocenters. The van der Waals surface area contributed by atoms with Crippen LogP contribution in [-0.2, 0) is 0 Å². The van der Waals surface area contributed by atoms with Crippen LogP contribution in [0.25, 0.3) is 5.69 Å². The van der Waals surface area contributed by atoms with Crippen LogP contribution < -0.4 is 0 Å². The third kappa shape index (κ3) is 1.85. The third-order valence-electron chi connectivity index (χ3n) is 1.93. The van der Waals surface area contributed by atoms with Gasteiger partial charge in [-0.25, -0.2) is 4.79 Å². The first-order valence-corrected chi connectivity index (χ1v) is 4.58. The number of hydrogen-bond acceptors (Lipinski definition) is 2. The van der Waals surface area contributed by atoms with Gasteiger partial charge in [-0.15, -0.1) is 0 Å². The second-order valence-electron chi connectivity index (χ2n) is 2.93. The number of nitrogens with zero attached hydrogens (tertiary/aromatic N) is 2. The van der Waals surface area contributed by atoms with Crippen LogP contribution in [0.3, 0.4) is 0 Å². The van der Waals surface area contributed by atoms with Crippen molar-refractivity contribution >= 4 is 17.6 Å². The summed E-state index contributed by atoms with van der Waals surface area (Å²) < 4.78 is 1.48. The molecule has 0 fully saturated rings. The van der Waals surface area contributed by atoms with E-state index in [2.05, 4.69) is 4.98 Å². The Kier molecular flexibility index (Phi) is 2.43. The van der Waals surface area contributed by atoms with Crippen molar-refractivity contribution in [1.82, 2.24) is 9.55 Å². The molecule has 2 aromatic heterocycles. The highest BCUT2D eigenvalue weighted by molar-refractivity contribution is 6.31. The first-order chi connectivity index (χ1) is 7.18. The average Bonchev–Trinajstić information content (AvgIpc) is 2.62. The van der Waals surface area contributed by atoms with Crippen LogP contribution >= 0.6 is 11.6 Å². The number of hydrogen-bond donors (Lipinski definition) is 1. The number of carboxylic acid groups (broad SMARTS) is 1. The molecule has 0 spiro atoms. The Hall–Kier alpha value is -1.81. The highest BCUT2D eigenvalue weighted by Gasteiger charge is 2.12. The van der Waals surface area contributed by atoms with E-state index in [0.29, 0.717) is 10.7 Å². The summed E-state index contributed by atoms with van der Waals surface area (Å²) in [6.07, 6.45) is 4.74. The van der Waals surface area contributed by atoms with Gasteiger partial charge in [-0.3, -0.25) is 4.98 Å². The van der Waals surface area contributed by atoms with Gasteiger partial charge in [0.25, 0.3) is 0 Å². The maximum Gasteiger partial charge on any atom is 0.352 e. The van der Waals surface area contributed by atoms with E-state index in [1.54, 1.807) is 30.7 Å². The summed E-state index contributed by atoms with van der Waals surface area (Å²) in [6.45, 7) is 0. The molecule has 0 aromatic carbocycles. The number of halogens is 1. The lowest BCUT2D eigenvalue weighted by atomic mass is 10.4. The van der Waals surface area contributed by atoms with Crippen LogP contribution in [-0.4, -0.2) is 20.6 Å². The van der Waals surface area contributed by atoms with Gasteiger partial charge in [0.15, 0.2) is 0 Å². The molecule has 0 radical (unpaired) electrons. The molecule has 76 valence electrons. The van der Waals surface area contributed by atoms with Gasteiger partial charge >= 0.3 is 5.97 Å². The van der Waals surface area contributed by atoms with Crippen molar-refractivity contribution in [2.75, 3.05) is 0 Å². The maximum atomic E-state index is 10.9. The first kappa shape index (κ1) is 9.73. The summed E-state index contributed by atoms with van der Waals surface area (Å²) in [5.74, 6) is -1.02. The molecule has 0 saturated heterocycles. The van der Waals surface area contributed by atoms with Crippen LogP contribution in [0.2, 0.25) is 5.02 Å². The minimum Gasteiger partial charge on any atom is -0.477 e. The van der Waals surface area contributed by atoms with Gasteiger partial charge in [0.05, 0.1) is 16.9 Å². The zero-order chi connectivity index (χ0) is 10.8. The fourth-order valence-corrected chi connectivity index (χ4v) is 1.51. The van der Waals surface area contributed by atoms with Gasteiger partial charge in [-0.05, 0) is 18.2 Å². The van der Waals surface area contributed by atoms with E-state index >= 15 is 0 Å². The second kappa shape index (κ2) is 3.74. The Labute approximate surface area is 90.8 Å². The number of aromatic nitrogens is 2. The van der Waals surface area contributed by atoms with Gasteiger partial charge in [-0.2, -0.15) is 0 Å². The van der Waals surface area contributed by atoms with E-state index in [1.165, 1.54) is 10.6 Å². The fourth-order valence-electron chi connectivity index (χ4n) is 1.30. The van der Waals surface area contributed by atoms with Crippen molar-refractivity contribution < 1.29 is 9.90 Å². The summed E-state index contributed by atoms with van der Waals surface area (Å²) in [5.41, 5.74) is 0.787. The average molecular weight is 223 g/mol. The predicted molar refractivity (Wildman–Crippen MR) is 55.5 cm³/mol. The largest absolute Gasteiger partial charge is 0.477 e. The zero-order valence-corrected chi connectivity index (χ0v) is 8.35. The number of carboxylic acids is 1. The lowest BCUT2D eigenvalue weighted by Gasteiger charge is -2.04. The Morgan fingerprint density at radius 3 is 2.93 bits per heavy atom. The molecule has 4 nitrogen and oxygen atoms in total. The monoisotopic (exact) mass is 222 g/mol. The number of pyridine rings is 1. The third-order valence-corrected chi connectivity index (χ3v) is 2.14. The quantitative estimate of drug-likeness (QED) is 0.848. The lowest BCUT2D eigenvalue weighted by Crippen LogP contribution is -2.05. The summed E-state index contributed by atoms with van der Waals surface area (Å²) in [6, 6.07) is 4.89. The van der Waals surface area contributed by atoms with E-state index in [-0.39, 0.29) is 5.69 Å².